The van der Waals surface area contributed by atoms with Crippen molar-refractivity contribution >= 4 is 11.7 Å². The second-order valence-electron chi connectivity index (χ2n) is 7.05. The van der Waals surface area contributed by atoms with Gasteiger partial charge in [-0.1, -0.05) is 12.1 Å². The van der Waals surface area contributed by atoms with Gasteiger partial charge in [-0.15, -0.1) is 0 Å². The Bertz CT molecular complexity index is 887. The van der Waals surface area contributed by atoms with Gasteiger partial charge in [-0.25, -0.2) is 4.79 Å². The predicted molar refractivity (Wildman–Crippen MR) is 110 cm³/mol. The van der Waals surface area contributed by atoms with Crippen LogP contribution in [0.3, 0.4) is 0 Å². The Hall–Kier alpha value is -3.10. The molecule has 0 saturated carbocycles. The van der Waals surface area contributed by atoms with E-state index < -0.39 is 12.8 Å². The topological polar surface area (TPSA) is 60.0 Å². The van der Waals surface area contributed by atoms with Crippen molar-refractivity contribution in [3.63, 3.8) is 0 Å². The van der Waals surface area contributed by atoms with Gasteiger partial charge in [-0.05, 0) is 49.6 Å². The van der Waals surface area contributed by atoms with Crippen LogP contribution in [0.2, 0.25) is 0 Å². The molecule has 2 amide bonds. The van der Waals surface area contributed by atoms with Gasteiger partial charge in [-0.3, -0.25) is 0 Å². The second kappa shape index (κ2) is 9.80. The lowest BCUT2D eigenvalue weighted by Crippen LogP contribution is -2.34. The number of ether oxygens (including phenoxy) is 3. The first-order valence-electron chi connectivity index (χ1n) is 9.98. The number of anilines is 1. The van der Waals surface area contributed by atoms with Crippen molar-refractivity contribution in [3.8, 4) is 17.2 Å². The van der Waals surface area contributed by atoms with E-state index in [9.17, 15) is 18.0 Å². The van der Waals surface area contributed by atoms with E-state index >= 15 is 0 Å². The number of halogens is 3. The van der Waals surface area contributed by atoms with Gasteiger partial charge in [0.05, 0.1) is 19.8 Å². The molecule has 2 aromatic carbocycles. The van der Waals surface area contributed by atoms with E-state index in [0.717, 1.165) is 24.2 Å². The van der Waals surface area contributed by atoms with E-state index in [1.807, 2.05) is 31.2 Å². The fraction of sp³-hybridized carbons (Fsp3) is 0.409. The summed E-state index contributed by atoms with van der Waals surface area (Å²) in [6, 6.07) is 11.6. The zero-order chi connectivity index (χ0) is 22.4. The quantitative estimate of drug-likeness (QED) is 0.629. The number of rotatable bonds is 7. The molecule has 1 aliphatic heterocycles. The molecular formula is C22H25F3N2O4. The Labute approximate surface area is 178 Å². The summed E-state index contributed by atoms with van der Waals surface area (Å²) >= 11 is 0. The third-order valence-electron chi connectivity index (χ3n) is 4.90. The van der Waals surface area contributed by atoms with Crippen LogP contribution in [0.4, 0.5) is 23.7 Å². The van der Waals surface area contributed by atoms with Crippen molar-refractivity contribution in [2.75, 3.05) is 32.2 Å². The van der Waals surface area contributed by atoms with Crippen LogP contribution in [-0.4, -0.2) is 44.0 Å². The van der Waals surface area contributed by atoms with Crippen LogP contribution in [0, 0.1) is 0 Å². The number of likely N-dealkylation sites (tertiary alicyclic amines) is 1. The minimum Gasteiger partial charge on any atom is -0.494 e. The standard InChI is InChI=1S/C22H25F3N2O4/c1-3-30-17-9-6-15(7-10-17)18-5-4-12-27(18)21(28)26-16-8-11-19(29-2)20(13-16)31-14-22(23,24)25/h6-11,13,18H,3-5,12,14H2,1-2H3,(H,26,28). The number of urea groups is 1. The summed E-state index contributed by atoms with van der Waals surface area (Å²) in [4.78, 5) is 14.6. The van der Waals surface area contributed by atoms with E-state index in [1.165, 1.54) is 19.2 Å². The van der Waals surface area contributed by atoms with Crippen molar-refractivity contribution in [1.82, 2.24) is 4.90 Å². The van der Waals surface area contributed by atoms with Crippen LogP contribution >= 0.6 is 0 Å². The molecule has 31 heavy (non-hydrogen) atoms. The summed E-state index contributed by atoms with van der Waals surface area (Å²) in [5.41, 5.74) is 1.32. The Morgan fingerprint density at radius 3 is 2.52 bits per heavy atom. The van der Waals surface area contributed by atoms with Gasteiger partial charge < -0.3 is 24.4 Å². The molecule has 1 aliphatic rings. The number of methoxy groups -OCH3 is 1. The summed E-state index contributed by atoms with van der Waals surface area (Å²) in [6.45, 7) is 1.62. The van der Waals surface area contributed by atoms with Crippen LogP contribution in [0.1, 0.15) is 31.4 Å². The number of benzene rings is 2. The lowest BCUT2D eigenvalue weighted by Gasteiger charge is -2.25. The first-order chi connectivity index (χ1) is 14.8. The van der Waals surface area contributed by atoms with E-state index in [2.05, 4.69) is 5.32 Å². The lowest BCUT2D eigenvalue weighted by atomic mass is 10.0. The fourth-order valence-electron chi connectivity index (χ4n) is 3.53. The average molecular weight is 438 g/mol. The molecule has 1 heterocycles. The van der Waals surface area contributed by atoms with Crippen molar-refractivity contribution in [3.05, 3.63) is 48.0 Å². The monoisotopic (exact) mass is 438 g/mol. The number of hydrogen-bond acceptors (Lipinski definition) is 4. The van der Waals surface area contributed by atoms with E-state index in [0.29, 0.717) is 18.8 Å². The summed E-state index contributed by atoms with van der Waals surface area (Å²) < 4.78 is 52.9. The molecule has 1 saturated heterocycles. The number of nitrogens with zero attached hydrogens (tertiary/aromatic N) is 1. The van der Waals surface area contributed by atoms with Gasteiger partial charge in [-0.2, -0.15) is 13.2 Å². The molecule has 3 rings (SSSR count). The second-order valence-corrected chi connectivity index (χ2v) is 7.05. The smallest absolute Gasteiger partial charge is 0.422 e. The first-order valence-corrected chi connectivity index (χ1v) is 9.98. The number of hydrogen-bond donors (Lipinski definition) is 1. The van der Waals surface area contributed by atoms with E-state index in [1.54, 1.807) is 11.0 Å². The molecule has 1 N–H and O–H groups in total. The molecule has 1 fully saturated rings. The zero-order valence-corrected chi connectivity index (χ0v) is 17.4. The van der Waals surface area contributed by atoms with Crippen molar-refractivity contribution in [2.24, 2.45) is 0 Å². The molecule has 2 aromatic rings. The molecule has 1 atom stereocenters. The van der Waals surface area contributed by atoms with Crippen LogP contribution in [0.25, 0.3) is 0 Å². The van der Waals surface area contributed by atoms with Gasteiger partial charge in [0.2, 0.25) is 0 Å². The highest BCUT2D eigenvalue weighted by molar-refractivity contribution is 5.90. The molecule has 0 aromatic heterocycles. The predicted octanol–water partition coefficient (Wildman–Crippen LogP) is 5.40. The highest BCUT2D eigenvalue weighted by Gasteiger charge is 2.31. The lowest BCUT2D eigenvalue weighted by molar-refractivity contribution is -0.153. The highest BCUT2D eigenvalue weighted by atomic mass is 19.4. The SMILES string of the molecule is CCOc1ccc(C2CCCN2C(=O)Nc2ccc(OC)c(OCC(F)(F)F)c2)cc1. The van der Waals surface area contributed by atoms with Crippen LogP contribution in [0.15, 0.2) is 42.5 Å². The summed E-state index contributed by atoms with van der Waals surface area (Å²) in [7, 11) is 1.33. The molecule has 0 radical (unpaired) electrons. The minimum atomic E-state index is -4.48. The molecule has 6 nitrogen and oxygen atoms in total. The maximum Gasteiger partial charge on any atom is 0.422 e. The summed E-state index contributed by atoms with van der Waals surface area (Å²) in [5.74, 6) is 0.822. The minimum absolute atomic E-state index is 0.0881. The normalized spacial score (nSPS) is 16.2. The molecule has 9 heteroatoms. The zero-order valence-electron chi connectivity index (χ0n) is 17.4. The number of amides is 2. The number of carbonyl (C=O) groups is 1. The van der Waals surface area contributed by atoms with E-state index in [-0.39, 0.29) is 23.6 Å². The van der Waals surface area contributed by atoms with Crippen molar-refractivity contribution < 1.29 is 32.2 Å². The van der Waals surface area contributed by atoms with Gasteiger partial charge in [0.1, 0.15) is 5.75 Å². The van der Waals surface area contributed by atoms with Crippen molar-refractivity contribution in [1.29, 1.82) is 0 Å². The van der Waals surface area contributed by atoms with Crippen molar-refractivity contribution in [2.45, 2.75) is 32.0 Å². The summed E-state index contributed by atoms with van der Waals surface area (Å²) in [6.07, 6.45) is -2.80. The largest absolute Gasteiger partial charge is 0.494 e. The summed E-state index contributed by atoms with van der Waals surface area (Å²) in [5, 5.41) is 2.75. The van der Waals surface area contributed by atoms with Gasteiger partial charge in [0, 0.05) is 18.3 Å². The molecule has 0 bridgehead atoms. The Morgan fingerprint density at radius 1 is 1.13 bits per heavy atom. The maximum atomic E-state index is 12.9. The van der Waals surface area contributed by atoms with Crippen LogP contribution < -0.4 is 19.5 Å². The van der Waals surface area contributed by atoms with Crippen LogP contribution in [-0.2, 0) is 0 Å². The van der Waals surface area contributed by atoms with Gasteiger partial charge >= 0.3 is 12.2 Å². The Morgan fingerprint density at radius 2 is 1.87 bits per heavy atom. The number of nitrogens with one attached hydrogen (secondary N) is 1. The molecule has 1 unspecified atom stereocenters. The van der Waals surface area contributed by atoms with E-state index in [4.69, 9.17) is 14.2 Å². The van der Waals surface area contributed by atoms with Crippen LogP contribution in [0.5, 0.6) is 17.2 Å². The first kappa shape index (κ1) is 22.6. The average Bonchev–Trinajstić information content (AvgIpc) is 3.23. The Balaban J connectivity index is 1.71. The number of alkyl halides is 3. The highest BCUT2D eigenvalue weighted by Crippen LogP contribution is 2.35. The maximum absolute atomic E-state index is 12.9. The third kappa shape index (κ3) is 5.96. The molecule has 0 spiro atoms. The number of carbonyl (C=O) groups excluding carboxylic acids is 1. The molecule has 168 valence electrons. The Kier molecular flexibility index (Phi) is 7.14. The van der Waals surface area contributed by atoms with Gasteiger partial charge in [0.25, 0.3) is 0 Å². The molecular weight excluding hydrogens is 413 g/mol. The third-order valence-corrected chi connectivity index (χ3v) is 4.90. The molecule has 0 aliphatic carbocycles. The van der Waals surface area contributed by atoms with Gasteiger partial charge in [0.15, 0.2) is 18.1 Å². The fourth-order valence-corrected chi connectivity index (χ4v) is 3.53.